The minimum atomic E-state index is -0.747. The summed E-state index contributed by atoms with van der Waals surface area (Å²) in [4.78, 5) is 11.5. The molecule has 1 atom stereocenters. The van der Waals surface area contributed by atoms with E-state index in [0.717, 1.165) is 25.7 Å². The fraction of sp³-hybridized carbons (Fsp3) is 0.462. The van der Waals surface area contributed by atoms with Crippen LogP contribution in [0.15, 0.2) is 18.2 Å². The van der Waals surface area contributed by atoms with E-state index >= 15 is 0 Å². The molecule has 0 saturated heterocycles. The molecule has 3 nitrogen and oxygen atoms in total. The van der Waals surface area contributed by atoms with Gasteiger partial charge in [0.25, 0.3) is 5.91 Å². The van der Waals surface area contributed by atoms with Crippen LogP contribution in [0, 0.1) is 0 Å². The Bertz CT molecular complexity index is 445. The second kappa shape index (κ2) is 5.91. The van der Waals surface area contributed by atoms with Crippen molar-refractivity contribution in [2.45, 2.75) is 37.9 Å². The van der Waals surface area contributed by atoms with Gasteiger partial charge >= 0.3 is 0 Å². The van der Waals surface area contributed by atoms with Crippen molar-refractivity contribution in [3.05, 3.63) is 33.8 Å². The topological polar surface area (TPSA) is 52.3 Å². The number of halogens is 2. The fourth-order valence-corrected chi connectivity index (χ4v) is 2.51. The standard InChI is InChI=1S/C13H15Cl2NO2/c14-10-6-5-8(7-11(10)15)12(13(16)17)18-9-3-1-2-4-9/h5-7,9,12H,1-4H2,(H2,16,17). The van der Waals surface area contributed by atoms with Gasteiger partial charge in [0.15, 0.2) is 6.10 Å². The summed E-state index contributed by atoms with van der Waals surface area (Å²) >= 11 is 11.8. The Kier molecular flexibility index (Phi) is 4.49. The minimum Gasteiger partial charge on any atom is -0.367 e. The van der Waals surface area contributed by atoms with Crippen molar-refractivity contribution in [2.24, 2.45) is 5.73 Å². The predicted octanol–water partition coefficient (Wildman–Crippen LogP) is 3.48. The molecule has 0 bridgehead atoms. The van der Waals surface area contributed by atoms with Crippen LogP contribution in [0.3, 0.4) is 0 Å². The third kappa shape index (κ3) is 3.16. The van der Waals surface area contributed by atoms with Gasteiger partial charge in [0.2, 0.25) is 0 Å². The highest BCUT2D eigenvalue weighted by molar-refractivity contribution is 6.42. The maximum absolute atomic E-state index is 11.5. The van der Waals surface area contributed by atoms with Crippen molar-refractivity contribution in [3.63, 3.8) is 0 Å². The van der Waals surface area contributed by atoms with Gasteiger partial charge in [-0.3, -0.25) is 4.79 Å². The SMILES string of the molecule is NC(=O)C(OC1CCCC1)c1ccc(Cl)c(Cl)c1. The largest absolute Gasteiger partial charge is 0.367 e. The van der Waals surface area contributed by atoms with Crippen LogP contribution >= 0.6 is 23.2 Å². The van der Waals surface area contributed by atoms with E-state index in [-0.39, 0.29) is 6.10 Å². The summed E-state index contributed by atoms with van der Waals surface area (Å²) in [5.74, 6) is -0.500. The second-order valence-electron chi connectivity index (χ2n) is 4.50. The average molecular weight is 288 g/mol. The molecule has 0 radical (unpaired) electrons. The molecule has 0 spiro atoms. The van der Waals surface area contributed by atoms with Crippen molar-refractivity contribution in [1.82, 2.24) is 0 Å². The molecule has 1 unspecified atom stereocenters. The zero-order valence-corrected chi connectivity index (χ0v) is 11.4. The number of hydrogen-bond donors (Lipinski definition) is 1. The van der Waals surface area contributed by atoms with Gasteiger partial charge in [0.1, 0.15) is 0 Å². The molecule has 2 N–H and O–H groups in total. The number of primary amides is 1. The molecule has 0 aliphatic heterocycles. The number of rotatable bonds is 4. The summed E-state index contributed by atoms with van der Waals surface area (Å²) in [6, 6.07) is 5.00. The number of ether oxygens (including phenoxy) is 1. The molecule has 1 saturated carbocycles. The van der Waals surface area contributed by atoms with Gasteiger partial charge in [-0.15, -0.1) is 0 Å². The summed E-state index contributed by atoms with van der Waals surface area (Å²) in [6.07, 6.45) is 3.59. The Hall–Kier alpha value is -0.770. The molecule has 18 heavy (non-hydrogen) atoms. The number of nitrogens with two attached hydrogens (primary N) is 1. The number of carbonyl (C=O) groups excluding carboxylic acids is 1. The lowest BCUT2D eigenvalue weighted by atomic mass is 10.1. The first-order valence-corrected chi connectivity index (χ1v) is 6.73. The zero-order valence-electron chi connectivity index (χ0n) is 9.86. The number of amides is 1. The Morgan fingerprint density at radius 1 is 1.28 bits per heavy atom. The Labute approximate surface area is 116 Å². The molecule has 1 aromatic rings. The number of hydrogen-bond acceptors (Lipinski definition) is 2. The van der Waals surface area contributed by atoms with Crippen LogP contribution in [0.25, 0.3) is 0 Å². The highest BCUT2D eigenvalue weighted by Crippen LogP contribution is 2.31. The molecule has 0 aromatic heterocycles. The van der Waals surface area contributed by atoms with Crippen molar-refractivity contribution in [1.29, 1.82) is 0 Å². The molecule has 5 heteroatoms. The van der Waals surface area contributed by atoms with E-state index < -0.39 is 12.0 Å². The van der Waals surface area contributed by atoms with Crippen LogP contribution in [0.1, 0.15) is 37.4 Å². The Morgan fingerprint density at radius 2 is 1.94 bits per heavy atom. The maximum Gasteiger partial charge on any atom is 0.251 e. The van der Waals surface area contributed by atoms with Gasteiger partial charge in [-0.05, 0) is 30.5 Å². The number of carbonyl (C=O) groups is 1. The lowest BCUT2D eigenvalue weighted by Crippen LogP contribution is -2.27. The van der Waals surface area contributed by atoms with E-state index in [1.807, 2.05) is 0 Å². The Morgan fingerprint density at radius 3 is 2.50 bits per heavy atom. The van der Waals surface area contributed by atoms with Gasteiger partial charge < -0.3 is 10.5 Å². The first kappa shape index (κ1) is 13.7. The summed E-state index contributed by atoms with van der Waals surface area (Å²) in [7, 11) is 0. The molecule has 1 fully saturated rings. The third-order valence-electron chi connectivity index (χ3n) is 3.14. The minimum absolute atomic E-state index is 0.108. The highest BCUT2D eigenvalue weighted by atomic mass is 35.5. The van der Waals surface area contributed by atoms with Crippen LogP contribution in [0.4, 0.5) is 0 Å². The van der Waals surface area contributed by atoms with Crippen molar-refractivity contribution in [3.8, 4) is 0 Å². The van der Waals surface area contributed by atoms with Crippen molar-refractivity contribution >= 4 is 29.1 Å². The van der Waals surface area contributed by atoms with E-state index in [2.05, 4.69) is 0 Å². The Balaban J connectivity index is 2.17. The van der Waals surface area contributed by atoms with Crippen LogP contribution < -0.4 is 5.73 Å². The van der Waals surface area contributed by atoms with E-state index in [1.54, 1.807) is 18.2 Å². The van der Waals surface area contributed by atoms with Crippen molar-refractivity contribution < 1.29 is 9.53 Å². The van der Waals surface area contributed by atoms with Gasteiger partial charge in [-0.2, -0.15) is 0 Å². The average Bonchev–Trinajstić information content (AvgIpc) is 2.82. The maximum atomic E-state index is 11.5. The quantitative estimate of drug-likeness (QED) is 0.922. The van der Waals surface area contributed by atoms with Crippen LogP contribution in [0.5, 0.6) is 0 Å². The van der Waals surface area contributed by atoms with Crippen molar-refractivity contribution in [2.75, 3.05) is 0 Å². The van der Waals surface area contributed by atoms with Crippen LogP contribution in [-0.2, 0) is 9.53 Å². The normalized spacial score (nSPS) is 17.9. The zero-order chi connectivity index (χ0) is 13.1. The molecule has 1 aromatic carbocycles. The molecule has 1 amide bonds. The van der Waals surface area contributed by atoms with Gasteiger partial charge in [0.05, 0.1) is 16.1 Å². The molecule has 1 aliphatic rings. The monoisotopic (exact) mass is 287 g/mol. The summed E-state index contributed by atoms with van der Waals surface area (Å²) in [5, 5.41) is 0.847. The molecule has 98 valence electrons. The van der Waals surface area contributed by atoms with Gasteiger partial charge in [0, 0.05) is 0 Å². The number of benzene rings is 1. The first-order valence-electron chi connectivity index (χ1n) is 5.97. The van der Waals surface area contributed by atoms with Crippen LogP contribution in [-0.4, -0.2) is 12.0 Å². The molecule has 1 aliphatic carbocycles. The van der Waals surface area contributed by atoms with E-state index in [0.29, 0.717) is 15.6 Å². The predicted molar refractivity (Wildman–Crippen MR) is 71.7 cm³/mol. The summed E-state index contributed by atoms with van der Waals surface area (Å²) in [6.45, 7) is 0. The van der Waals surface area contributed by atoms with Gasteiger partial charge in [-0.25, -0.2) is 0 Å². The van der Waals surface area contributed by atoms with E-state index in [9.17, 15) is 4.79 Å². The molecular weight excluding hydrogens is 273 g/mol. The summed E-state index contributed by atoms with van der Waals surface area (Å²) < 4.78 is 5.78. The first-order chi connectivity index (χ1) is 8.58. The molecule has 0 heterocycles. The smallest absolute Gasteiger partial charge is 0.251 e. The fourth-order valence-electron chi connectivity index (χ4n) is 2.20. The van der Waals surface area contributed by atoms with Gasteiger partial charge in [-0.1, -0.05) is 42.1 Å². The van der Waals surface area contributed by atoms with E-state index in [4.69, 9.17) is 33.7 Å². The second-order valence-corrected chi connectivity index (χ2v) is 5.31. The third-order valence-corrected chi connectivity index (χ3v) is 3.87. The van der Waals surface area contributed by atoms with E-state index in [1.165, 1.54) is 0 Å². The molecule has 2 rings (SSSR count). The van der Waals surface area contributed by atoms with Crippen LogP contribution in [0.2, 0.25) is 10.0 Å². The molecular formula is C13H15Cl2NO2. The lowest BCUT2D eigenvalue weighted by molar-refractivity contribution is -0.133. The summed E-state index contributed by atoms with van der Waals surface area (Å²) in [5.41, 5.74) is 6.05. The lowest BCUT2D eigenvalue weighted by Gasteiger charge is -2.20. The highest BCUT2D eigenvalue weighted by Gasteiger charge is 2.25.